The van der Waals surface area contributed by atoms with E-state index in [0.29, 0.717) is 17.9 Å². The number of nitrogens with one attached hydrogen (secondary N) is 1. The van der Waals surface area contributed by atoms with Crippen LogP contribution in [0.25, 0.3) is 0 Å². The number of rotatable bonds is 6. The molecule has 0 amide bonds. The van der Waals surface area contributed by atoms with E-state index in [1.807, 2.05) is 12.1 Å². The second-order valence-corrected chi connectivity index (χ2v) is 7.18. The van der Waals surface area contributed by atoms with E-state index in [1.54, 1.807) is 26.3 Å². The van der Waals surface area contributed by atoms with E-state index < -0.39 is 5.97 Å². The number of carbonyl (C=O) groups is 1. The predicted octanol–water partition coefficient (Wildman–Crippen LogP) is 2.99. The highest BCUT2D eigenvalue weighted by Gasteiger charge is 2.20. The highest BCUT2D eigenvalue weighted by molar-refractivity contribution is 14.0. The van der Waals surface area contributed by atoms with Gasteiger partial charge in [0.05, 0.1) is 14.2 Å². The molecule has 2 aromatic rings. The van der Waals surface area contributed by atoms with Gasteiger partial charge in [-0.25, -0.2) is 4.79 Å². The van der Waals surface area contributed by atoms with E-state index in [4.69, 9.17) is 9.47 Å². The molecule has 0 radical (unpaired) electrons. The van der Waals surface area contributed by atoms with Gasteiger partial charge in [-0.2, -0.15) is 0 Å². The molecule has 0 bridgehead atoms. The van der Waals surface area contributed by atoms with E-state index in [1.165, 1.54) is 12.7 Å². The third kappa shape index (κ3) is 6.83. The van der Waals surface area contributed by atoms with Gasteiger partial charge in [0.15, 0.2) is 5.96 Å². The van der Waals surface area contributed by atoms with Crippen LogP contribution in [0, 0.1) is 0 Å². The van der Waals surface area contributed by atoms with E-state index in [2.05, 4.69) is 44.4 Å². The standard InChI is InChI=1S/C23H30N4O3.HI/c1-24-23(25-16-19-9-10-21(29-2)20(15-19)22(28)30-3)27-13-11-26(12-14-27)17-18-7-5-4-6-8-18;/h4-10,15H,11-14,16-17H2,1-3H3,(H,24,25);1H. The Kier molecular flexibility index (Phi) is 10.1. The molecule has 0 saturated carbocycles. The number of benzene rings is 2. The Balaban J connectivity index is 0.00000341. The van der Waals surface area contributed by atoms with E-state index in [0.717, 1.165) is 44.2 Å². The number of ether oxygens (including phenoxy) is 2. The summed E-state index contributed by atoms with van der Waals surface area (Å²) in [4.78, 5) is 21.2. The number of guanidine groups is 1. The van der Waals surface area contributed by atoms with Gasteiger partial charge in [-0.3, -0.25) is 9.89 Å². The van der Waals surface area contributed by atoms with Gasteiger partial charge in [-0.15, -0.1) is 24.0 Å². The predicted molar refractivity (Wildman–Crippen MR) is 133 cm³/mol. The third-order valence-corrected chi connectivity index (χ3v) is 5.25. The Morgan fingerprint density at radius 2 is 1.74 bits per heavy atom. The first-order chi connectivity index (χ1) is 14.6. The molecule has 1 saturated heterocycles. The topological polar surface area (TPSA) is 66.4 Å². The average molecular weight is 538 g/mol. The van der Waals surface area contributed by atoms with Crippen LogP contribution in [0.5, 0.6) is 5.75 Å². The minimum atomic E-state index is -0.410. The lowest BCUT2D eigenvalue weighted by atomic mass is 10.1. The molecule has 0 aliphatic carbocycles. The zero-order valence-electron chi connectivity index (χ0n) is 18.3. The molecule has 2 aromatic carbocycles. The molecule has 8 heteroatoms. The fourth-order valence-electron chi connectivity index (χ4n) is 3.61. The van der Waals surface area contributed by atoms with Crippen LogP contribution >= 0.6 is 24.0 Å². The summed E-state index contributed by atoms with van der Waals surface area (Å²) in [5.74, 6) is 0.960. The number of hydrogen-bond acceptors (Lipinski definition) is 5. The normalized spacial score (nSPS) is 14.5. The molecule has 0 spiro atoms. The Labute approximate surface area is 201 Å². The molecule has 3 rings (SSSR count). The number of esters is 1. The van der Waals surface area contributed by atoms with Gasteiger partial charge in [0.25, 0.3) is 0 Å². The molecule has 1 fully saturated rings. The maximum atomic E-state index is 12.0. The highest BCUT2D eigenvalue weighted by Crippen LogP contribution is 2.21. The summed E-state index contributed by atoms with van der Waals surface area (Å²) in [5.41, 5.74) is 2.72. The molecule has 0 aromatic heterocycles. The number of methoxy groups -OCH3 is 2. The summed E-state index contributed by atoms with van der Waals surface area (Å²) in [6, 6.07) is 16.1. The van der Waals surface area contributed by atoms with E-state index in [-0.39, 0.29) is 24.0 Å². The molecular formula is C23H31IN4O3. The Hall–Kier alpha value is -2.33. The van der Waals surface area contributed by atoms with Crippen molar-refractivity contribution in [3.05, 3.63) is 65.2 Å². The molecule has 31 heavy (non-hydrogen) atoms. The Bertz CT molecular complexity index is 868. The van der Waals surface area contributed by atoms with Crippen molar-refractivity contribution in [3.8, 4) is 5.75 Å². The largest absolute Gasteiger partial charge is 0.496 e. The second kappa shape index (κ2) is 12.5. The maximum Gasteiger partial charge on any atom is 0.341 e. The smallest absolute Gasteiger partial charge is 0.341 e. The number of nitrogens with zero attached hydrogens (tertiary/aromatic N) is 3. The van der Waals surface area contributed by atoms with Crippen molar-refractivity contribution in [3.63, 3.8) is 0 Å². The third-order valence-electron chi connectivity index (χ3n) is 5.25. The number of aliphatic imine (C=N–C) groups is 1. The molecule has 0 atom stereocenters. The van der Waals surface area contributed by atoms with Gasteiger partial charge >= 0.3 is 5.97 Å². The molecular weight excluding hydrogens is 507 g/mol. The van der Waals surface area contributed by atoms with Crippen LogP contribution in [-0.4, -0.2) is 69.2 Å². The average Bonchev–Trinajstić information content (AvgIpc) is 2.80. The van der Waals surface area contributed by atoms with Crippen LogP contribution < -0.4 is 10.1 Å². The summed E-state index contributed by atoms with van der Waals surface area (Å²) >= 11 is 0. The fraction of sp³-hybridized carbons (Fsp3) is 0.391. The second-order valence-electron chi connectivity index (χ2n) is 7.18. The van der Waals surface area contributed by atoms with Gasteiger partial charge in [0.2, 0.25) is 0 Å². The van der Waals surface area contributed by atoms with Crippen molar-refractivity contribution in [2.45, 2.75) is 13.1 Å². The van der Waals surface area contributed by atoms with Crippen LogP contribution in [0.15, 0.2) is 53.5 Å². The molecule has 168 valence electrons. The quantitative estimate of drug-likeness (QED) is 0.264. The summed E-state index contributed by atoms with van der Waals surface area (Å²) in [5, 5.41) is 3.41. The van der Waals surface area contributed by atoms with Gasteiger partial charge in [0, 0.05) is 46.3 Å². The van der Waals surface area contributed by atoms with Crippen LogP contribution in [0.4, 0.5) is 0 Å². The number of hydrogen-bond donors (Lipinski definition) is 1. The van der Waals surface area contributed by atoms with Crippen molar-refractivity contribution in [1.82, 2.24) is 15.1 Å². The van der Waals surface area contributed by atoms with E-state index >= 15 is 0 Å². The zero-order chi connectivity index (χ0) is 21.3. The first kappa shape index (κ1) is 24.9. The SMILES string of the molecule is CN=C(NCc1ccc(OC)c(C(=O)OC)c1)N1CCN(Cc2ccccc2)CC1.I. The molecule has 1 heterocycles. The van der Waals surface area contributed by atoms with Crippen molar-refractivity contribution in [2.24, 2.45) is 4.99 Å². The maximum absolute atomic E-state index is 12.0. The van der Waals surface area contributed by atoms with E-state index in [9.17, 15) is 4.79 Å². The van der Waals surface area contributed by atoms with Crippen LogP contribution in [0.1, 0.15) is 21.5 Å². The molecule has 1 N–H and O–H groups in total. The Morgan fingerprint density at radius 3 is 2.35 bits per heavy atom. The number of piperazine rings is 1. The van der Waals surface area contributed by atoms with Gasteiger partial charge in [0.1, 0.15) is 11.3 Å². The minimum absolute atomic E-state index is 0. The fourth-order valence-corrected chi connectivity index (χ4v) is 3.61. The lowest BCUT2D eigenvalue weighted by Gasteiger charge is -2.36. The number of carbonyl (C=O) groups excluding carboxylic acids is 1. The van der Waals surface area contributed by atoms with Crippen molar-refractivity contribution in [1.29, 1.82) is 0 Å². The van der Waals surface area contributed by atoms with Crippen molar-refractivity contribution >= 4 is 35.9 Å². The molecule has 7 nitrogen and oxygen atoms in total. The van der Waals surface area contributed by atoms with Gasteiger partial charge in [-0.1, -0.05) is 36.4 Å². The highest BCUT2D eigenvalue weighted by atomic mass is 127. The van der Waals surface area contributed by atoms with Crippen LogP contribution in [0.3, 0.4) is 0 Å². The first-order valence-corrected chi connectivity index (χ1v) is 10.1. The molecule has 1 aliphatic rings. The summed E-state index contributed by atoms with van der Waals surface area (Å²) in [7, 11) is 4.71. The molecule has 1 aliphatic heterocycles. The van der Waals surface area contributed by atoms with Gasteiger partial charge < -0.3 is 19.7 Å². The lowest BCUT2D eigenvalue weighted by Crippen LogP contribution is -2.52. The van der Waals surface area contributed by atoms with Crippen molar-refractivity contribution < 1.29 is 14.3 Å². The Morgan fingerprint density at radius 1 is 1.03 bits per heavy atom. The van der Waals surface area contributed by atoms with Crippen LogP contribution in [0.2, 0.25) is 0 Å². The first-order valence-electron chi connectivity index (χ1n) is 10.1. The van der Waals surface area contributed by atoms with Crippen LogP contribution in [-0.2, 0) is 17.8 Å². The monoisotopic (exact) mass is 538 g/mol. The summed E-state index contributed by atoms with van der Waals surface area (Å²) in [6.45, 7) is 5.36. The van der Waals surface area contributed by atoms with Gasteiger partial charge in [-0.05, 0) is 23.3 Å². The minimum Gasteiger partial charge on any atom is -0.496 e. The summed E-state index contributed by atoms with van der Waals surface area (Å²) < 4.78 is 10.1. The number of halogens is 1. The lowest BCUT2D eigenvalue weighted by molar-refractivity contribution is 0.0597. The summed E-state index contributed by atoms with van der Waals surface area (Å²) in [6.07, 6.45) is 0. The zero-order valence-corrected chi connectivity index (χ0v) is 20.7. The molecule has 0 unspecified atom stereocenters. The van der Waals surface area contributed by atoms with Crippen molar-refractivity contribution in [2.75, 3.05) is 47.4 Å².